The molecular formula is C14H16FNO2. The number of carboxylic acid groups (broad SMARTS) is 1. The van der Waals surface area contributed by atoms with E-state index >= 15 is 0 Å². The van der Waals surface area contributed by atoms with E-state index in [0.717, 1.165) is 25.3 Å². The van der Waals surface area contributed by atoms with Crippen molar-refractivity contribution in [3.8, 4) is 0 Å². The topological polar surface area (TPSA) is 49.3 Å². The van der Waals surface area contributed by atoms with Gasteiger partial charge in [-0.25, -0.2) is 9.18 Å². The van der Waals surface area contributed by atoms with Gasteiger partial charge in [0.2, 0.25) is 0 Å². The van der Waals surface area contributed by atoms with Crippen molar-refractivity contribution < 1.29 is 14.3 Å². The van der Waals surface area contributed by atoms with E-state index in [1.807, 2.05) is 0 Å². The minimum absolute atomic E-state index is 0.0181. The molecule has 2 N–H and O–H groups in total. The lowest BCUT2D eigenvalue weighted by molar-refractivity contribution is 0.0697. The molecule has 0 unspecified atom stereocenters. The normalized spacial score (nSPS) is 14.4. The first kappa shape index (κ1) is 12.6. The van der Waals surface area contributed by atoms with Crippen LogP contribution in [0, 0.1) is 5.82 Å². The number of carboxylic acids is 1. The Kier molecular flexibility index (Phi) is 3.97. The number of anilines is 1. The summed E-state index contributed by atoms with van der Waals surface area (Å²) in [6.07, 6.45) is 6.65. The fraction of sp³-hybridized carbons (Fsp3) is 0.357. The summed E-state index contributed by atoms with van der Waals surface area (Å²) in [4.78, 5) is 11.0. The highest BCUT2D eigenvalue weighted by atomic mass is 19.1. The summed E-state index contributed by atoms with van der Waals surface area (Å²) in [7, 11) is 0. The highest BCUT2D eigenvalue weighted by Gasteiger charge is 2.11. The van der Waals surface area contributed by atoms with Crippen LogP contribution in [0.25, 0.3) is 0 Å². The van der Waals surface area contributed by atoms with Gasteiger partial charge in [-0.2, -0.15) is 0 Å². The van der Waals surface area contributed by atoms with Crippen molar-refractivity contribution in [2.75, 3.05) is 11.9 Å². The number of benzene rings is 1. The third-order valence-corrected chi connectivity index (χ3v) is 3.11. The molecule has 1 aliphatic carbocycles. The highest BCUT2D eigenvalue weighted by molar-refractivity contribution is 5.94. The molecule has 0 amide bonds. The van der Waals surface area contributed by atoms with Gasteiger partial charge in [-0.15, -0.1) is 0 Å². The Morgan fingerprint density at radius 2 is 2.28 bits per heavy atom. The van der Waals surface area contributed by atoms with Crippen LogP contribution < -0.4 is 5.32 Å². The van der Waals surface area contributed by atoms with Crippen LogP contribution >= 0.6 is 0 Å². The molecule has 0 aromatic heterocycles. The summed E-state index contributed by atoms with van der Waals surface area (Å²) in [5.74, 6) is -1.64. The Hall–Kier alpha value is -1.84. The molecule has 0 bridgehead atoms. The maximum Gasteiger partial charge on any atom is 0.337 e. The lowest BCUT2D eigenvalue weighted by atomic mass is 10.1. The fourth-order valence-electron chi connectivity index (χ4n) is 2.17. The first-order chi connectivity index (χ1) is 8.66. The van der Waals surface area contributed by atoms with Gasteiger partial charge in [-0.1, -0.05) is 11.6 Å². The Morgan fingerprint density at radius 3 is 2.94 bits per heavy atom. The molecule has 96 valence electrons. The molecule has 1 aromatic carbocycles. The van der Waals surface area contributed by atoms with Crippen LogP contribution in [0.3, 0.4) is 0 Å². The molecule has 4 heteroatoms. The second-order valence-electron chi connectivity index (χ2n) is 4.43. The first-order valence-electron chi connectivity index (χ1n) is 6.11. The van der Waals surface area contributed by atoms with Crippen LogP contribution in [0.15, 0.2) is 29.8 Å². The van der Waals surface area contributed by atoms with Crippen molar-refractivity contribution in [1.82, 2.24) is 0 Å². The molecule has 0 radical (unpaired) electrons. The van der Waals surface area contributed by atoms with Gasteiger partial charge in [0.1, 0.15) is 5.82 Å². The second kappa shape index (κ2) is 5.67. The molecule has 3 nitrogen and oxygen atoms in total. The maximum absolute atomic E-state index is 13.0. The smallest absolute Gasteiger partial charge is 0.337 e. The third-order valence-electron chi connectivity index (χ3n) is 3.11. The molecule has 2 rings (SSSR count). The van der Waals surface area contributed by atoms with Crippen molar-refractivity contribution in [2.45, 2.75) is 25.7 Å². The standard InChI is InChI=1S/C14H16FNO2/c15-11-5-6-13(12(9-11)14(17)18)16-8-7-10-3-1-2-4-10/h3,5-6,9,16H,1-2,4,7-8H2,(H,17,18). The SMILES string of the molecule is O=C(O)c1cc(F)ccc1NCCC1=CCCC1. The molecule has 0 spiro atoms. The van der Waals surface area contributed by atoms with E-state index in [-0.39, 0.29) is 5.56 Å². The number of nitrogens with one attached hydrogen (secondary N) is 1. The van der Waals surface area contributed by atoms with Crippen LogP contribution in [-0.4, -0.2) is 17.6 Å². The van der Waals surface area contributed by atoms with Gasteiger partial charge in [0.25, 0.3) is 0 Å². The summed E-state index contributed by atoms with van der Waals surface area (Å²) in [6.45, 7) is 0.678. The number of hydrogen-bond donors (Lipinski definition) is 2. The van der Waals surface area contributed by atoms with Crippen molar-refractivity contribution in [3.63, 3.8) is 0 Å². The molecule has 0 heterocycles. The first-order valence-corrected chi connectivity index (χ1v) is 6.11. The number of aromatic carboxylic acids is 1. The van der Waals surface area contributed by atoms with Gasteiger partial charge in [-0.05, 0) is 43.9 Å². The largest absolute Gasteiger partial charge is 0.478 e. The average molecular weight is 249 g/mol. The van der Waals surface area contributed by atoms with Crippen LogP contribution in [0.5, 0.6) is 0 Å². The van der Waals surface area contributed by atoms with Crippen molar-refractivity contribution >= 4 is 11.7 Å². The monoisotopic (exact) mass is 249 g/mol. The van der Waals surface area contributed by atoms with E-state index in [1.165, 1.54) is 24.1 Å². The number of hydrogen-bond acceptors (Lipinski definition) is 2. The minimum Gasteiger partial charge on any atom is -0.478 e. The Balaban J connectivity index is 1.98. The van der Waals surface area contributed by atoms with Crippen molar-refractivity contribution in [1.29, 1.82) is 0 Å². The lowest BCUT2D eigenvalue weighted by Crippen LogP contribution is -2.08. The van der Waals surface area contributed by atoms with E-state index < -0.39 is 11.8 Å². The van der Waals surface area contributed by atoms with E-state index in [2.05, 4.69) is 11.4 Å². The molecule has 1 aromatic rings. The summed E-state index contributed by atoms with van der Waals surface area (Å²) in [6, 6.07) is 3.78. The number of allylic oxidation sites excluding steroid dienone is 1. The predicted octanol–water partition coefficient (Wildman–Crippen LogP) is 3.44. The Bertz CT molecular complexity index is 483. The van der Waals surface area contributed by atoms with E-state index in [0.29, 0.717) is 12.2 Å². The second-order valence-corrected chi connectivity index (χ2v) is 4.43. The quantitative estimate of drug-likeness (QED) is 0.786. The predicted molar refractivity (Wildman–Crippen MR) is 68.4 cm³/mol. The van der Waals surface area contributed by atoms with Crippen LogP contribution in [-0.2, 0) is 0 Å². The number of carbonyl (C=O) groups is 1. The molecule has 0 atom stereocenters. The minimum atomic E-state index is -1.11. The lowest BCUT2D eigenvalue weighted by Gasteiger charge is -2.10. The van der Waals surface area contributed by atoms with E-state index in [9.17, 15) is 9.18 Å². The Morgan fingerprint density at radius 1 is 1.44 bits per heavy atom. The van der Waals surface area contributed by atoms with Crippen LogP contribution in [0.1, 0.15) is 36.0 Å². The molecule has 18 heavy (non-hydrogen) atoms. The summed E-state index contributed by atoms with van der Waals surface area (Å²) >= 11 is 0. The van der Waals surface area contributed by atoms with Gasteiger partial charge >= 0.3 is 5.97 Å². The zero-order valence-corrected chi connectivity index (χ0v) is 10.1. The zero-order valence-electron chi connectivity index (χ0n) is 10.1. The van der Waals surface area contributed by atoms with E-state index in [1.54, 1.807) is 0 Å². The van der Waals surface area contributed by atoms with Gasteiger partial charge < -0.3 is 10.4 Å². The van der Waals surface area contributed by atoms with Gasteiger partial charge in [0.15, 0.2) is 0 Å². The summed E-state index contributed by atoms with van der Waals surface area (Å²) in [5.41, 5.74) is 1.87. The van der Waals surface area contributed by atoms with Gasteiger partial charge in [0, 0.05) is 12.2 Å². The summed E-state index contributed by atoms with van der Waals surface area (Å²) < 4.78 is 13.0. The zero-order chi connectivity index (χ0) is 13.0. The van der Waals surface area contributed by atoms with Gasteiger partial charge in [-0.3, -0.25) is 0 Å². The van der Waals surface area contributed by atoms with Crippen molar-refractivity contribution in [2.24, 2.45) is 0 Å². The maximum atomic E-state index is 13.0. The molecule has 0 saturated heterocycles. The summed E-state index contributed by atoms with van der Waals surface area (Å²) in [5, 5.41) is 12.0. The van der Waals surface area contributed by atoms with E-state index in [4.69, 9.17) is 5.11 Å². The Labute approximate surface area is 105 Å². The molecule has 0 fully saturated rings. The van der Waals surface area contributed by atoms with Crippen LogP contribution in [0.2, 0.25) is 0 Å². The molecule has 0 saturated carbocycles. The third kappa shape index (κ3) is 3.09. The molecular weight excluding hydrogens is 233 g/mol. The molecule has 0 aliphatic heterocycles. The molecule has 1 aliphatic rings. The fourth-order valence-corrected chi connectivity index (χ4v) is 2.17. The highest BCUT2D eigenvalue weighted by Crippen LogP contribution is 2.21. The van der Waals surface area contributed by atoms with Crippen LogP contribution in [0.4, 0.5) is 10.1 Å². The number of halogens is 1. The van der Waals surface area contributed by atoms with Gasteiger partial charge in [0.05, 0.1) is 5.56 Å². The van der Waals surface area contributed by atoms with Crippen molar-refractivity contribution in [3.05, 3.63) is 41.2 Å². The number of rotatable bonds is 5. The average Bonchev–Trinajstić information content (AvgIpc) is 2.84.